The fourth-order valence-corrected chi connectivity index (χ4v) is 5.22. The molecule has 0 bridgehead atoms. The number of alkyl halides is 3. The zero-order valence-corrected chi connectivity index (χ0v) is 22.9. The Morgan fingerprint density at radius 2 is 1.86 bits per heavy atom. The molecule has 0 unspecified atom stereocenters. The van der Waals surface area contributed by atoms with Crippen molar-refractivity contribution in [3.8, 4) is 0 Å². The van der Waals surface area contributed by atoms with E-state index in [1.54, 1.807) is 16.7 Å². The molecule has 1 aliphatic heterocycles. The van der Waals surface area contributed by atoms with E-state index in [1.165, 1.54) is 24.3 Å². The molecule has 0 aliphatic carbocycles. The number of pyridine rings is 1. The molecule has 2 aromatic heterocycles. The Balaban J connectivity index is 1.37. The van der Waals surface area contributed by atoms with Crippen LogP contribution in [0.15, 0.2) is 54.6 Å². The van der Waals surface area contributed by atoms with Crippen LogP contribution >= 0.6 is 11.6 Å². The number of hydrogen-bond acceptors (Lipinski definition) is 5. The summed E-state index contributed by atoms with van der Waals surface area (Å²) < 4.78 is 78.5. The van der Waals surface area contributed by atoms with Crippen LogP contribution in [0.5, 0.6) is 0 Å². The zero-order chi connectivity index (χ0) is 30.5. The minimum Gasteiger partial charge on any atom is -0.478 e. The van der Waals surface area contributed by atoms with E-state index >= 15 is 4.39 Å². The molecule has 2 N–H and O–H groups in total. The standard InChI is InChI=1S/C30H22ClF5N4O3/c31-18-4-3-17(22(32)12-18)13-37-28-21(30(34,35)36)11-16-2-1-15(9-24(16)39-28)10-25-38-23-6-5-20(29(41)42)26(33)27(23)40(25)14-19-7-8-43-19/h1-6,9,11-12,19H,7-8,10,13-14H2,(H,37,39)(H,41,42)/t19-/m0/s1. The molecule has 3 heterocycles. The molecule has 1 fully saturated rings. The summed E-state index contributed by atoms with van der Waals surface area (Å²) in [5, 5.41) is 12.4. The number of imidazole rings is 1. The summed E-state index contributed by atoms with van der Waals surface area (Å²) in [6.07, 6.45) is -4.02. The summed E-state index contributed by atoms with van der Waals surface area (Å²) in [5.41, 5.74) is -0.196. The van der Waals surface area contributed by atoms with Crippen LogP contribution in [0.2, 0.25) is 5.02 Å². The van der Waals surface area contributed by atoms with E-state index in [9.17, 15) is 27.5 Å². The molecule has 0 spiro atoms. The van der Waals surface area contributed by atoms with Crippen LogP contribution in [-0.2, 0) is 30.4 Å². The van der Waals surface area contributed by atoms with Gasteiger partial charge in [-0.25, -0.2) is 23.5 Å². The first-order valence-corrected chi connectivity index (χ1v) is 13.6. The summed E-state index contributed by atoms with van der Waals surface area (Å²) in [6.45, 7) is 0.552. The van der Waals surface area contributed by atoms with Crippen molar-refractivity contribution in [2.24, 2.45) is 0 Å². The minimum atomic E-state index is -4.73. The summed E-state index contributed by atoms with van der Waals surface area (Å²) in [6, 6.07) is 12.2. The van der Waals surface area contributed by atoms with Gasteiger partial charge in [-0.3, -0.25) is 0 Å². The molecule has 7 nitrogen and oxygen atoms in total. The first-order chi connectivity index (χ1) is 20.5. The Labute approximate surface area is 245 Å². The van der Waals surface area contributed by atoms with Gasteiger partial charge in [-0.15, -0.1) is 0 Å². The highest BCUT2D eigenvalue weighted by molar-refractivity contribution is 6.30. The Kier molecular flexibility index (Phi) is 7.43. The number of aromatic nitrogens is 3. The number of nitrogens with zero attached hydrogens (tertiary/aromatic N) is 3. The Morgan fingerprint density at radius 3 is 2.53 bits per heavy atom. The van der Waals surface area contributed by atoms with Crippen LogP contribution in [0, 0.1) is 11.6 Å². The third-order valence-electron chi connectivity index (χ3n) is 7.35. The number of nitrogens with one attached hydrogen (secondary N) is 1. The number of ether oxygens (including phenoxy) is 1. The number of halogens is 6. The Bertz CT molecular complexity index is 1890. The van der Waals surface area contributed by atoms with E-state index in [1.807, 2.05) is 0 Å². The Morgan fingerprint density at radius 1 is 1.07 bits per heavy atom. The van der Waals surface area contributed by atoms with Gasteiger partial charge in [0.1, 0.15) is 23.0 Å². The summed E-state index contributed by atoms with van der Waals surface area (Å²) in [7, 11) is 0. The Hall–Kier alpha value is -4.29. The van der Waals surface area contributed by atoms with Crippen molar-refractivity contribution in [1.82, 2.24) is 14.5 Å². The van der Waals surface area contributed by atoms with Crippen molar-refractivity contribution in [3.05, 3.63) is 99.3 Å². The topological polar surface area (TPSA) is 89.3 Å². The van der Waals surface area contributed by atoms with Crippen LogP contribution in [0.4, 0.5) is 27.8 Å². The number of carboxylic acid groups (broad SMARTS) is 1. The quantitative estimate of drug-likeness (QED) is 0.179. The highest BCUT2D eigenvalue weighted by atomic mass is 35.5. The number of hydrogen-bond donors (Lipinski definition) is 2. The SMILES string of the molecule is O=C(O)c1ccc2nc(Cc3ccc4cc(C(F)(F)F)c(NCc5ccc(Cl)cc5F)nc4c3)n(C[C@@H]3CCO3)c2c1F. The molecular formula is C30H22ClF5N4O3. The molecule has 1 atom stereocenters. The molecule has 6 rings (SSSR count). The van der Waals surface area contributed by atoms with Gasteiger partial charge in [0.2, 0.25) is 0 Å². The maximum absolute atomic E-state index is 15.3. The van der Waals surface area contributed by atoms with Crippen molar-refractivity contribution in [3.63, 3.8) is 0 Å². The highest BCUT2D eigenvalue weighted by Crippen LogP contribution is 2.37. The maximum Gasteiger partial charge on any atom is 0.419 e. The van der Waals surface area contributed by atoms with Gasteiger partial charge >= 0.3 is 12.1 Å². The average Bonchev–Trinajstić information content (AvgIpc) is 3.26. The van der Waals surface area contributed by atoms with E-state index < -0.39 is 40.7 Å². The van der Waals surface area contributed by atoms with Crippen LogP contribution in [0.3, 0.4) is 0 Å². The molecular weight excluding hydrogens is 595 g/mol. The number of rotatable bonds is 8. The van der Waals surface area contributed by atoms with Gasteiger partial charge in [0, 0.05) is 35.5 Å². The second-order valence-electron chi connectivity index (χ2n) is 10.2. The van der Waals surface area contributed by atoms with Crippen molar-refractivity contribution < 1.29 is 36.6 Å². The predicted octanol–water partition coefficient (Wildman–Crippen LogP) is 7.22. The number of anilines is 1. The zero-order valence-electron chi connectivity index (χ0n) is 22.2. The highest BCUT2D eigenvalue weighted by Gasteiger charge is 2.35. The minimum absolute atomic E-state index is 0.0417. The van der Waals surface area contributed by atoms with Crippen LogP contribution in [-0.4, -0.2) is 38.3 Å². The van der Waals surface area contributed by atoms with Gasteiger partial charge < -0.3 is 19.7 Å². The molecule has 222 valence electrons. The third-order valence-corrected chi connectivity index (χ3v) is 7.58. The average molecular weight is 617 g/mol. The number of carbonyl (C=O) groups is 1. The van der Waals surface area contributed by atoms with Crippen molar-refractivity contribution in [2.75, 3.05) is 11.9 Å². The van der Waals surface area contributed by atoms with E-state index in [4.69, 9.17) is 16.3 Å². The van der Waals surface area contributed by atoms with E-state index in [0.29, 0.717) is 18.0 Å². The van der Waals surface area contributed by atoms with Gasteiger partial charge in [-0.1, -0.05) is 29.8 Å². The van der Waals surface area contributed by atoms with Crippen molar-refractivity contribution in [1.29, 1.82) is 0 Å². The molecule has 0 amide bonds. The van der Waals surface area contributed by atoms with Gasteiger partial charge in [0.15, 0.2) is 5.82 Å². The molecule has 0 saturated carbocycles. The number of carboxylic acids is 1. The molecule has 1 saturated heterocycles. The molecule has 13 heteroatoms. The molecule has 3 aromatic carbocycles. The fraction of sp³-hybridized carbons (Fsp3) is 0.233. The van der Waals surface area contributed by atoms with Crippen molar-refractivity contribution in [2.45, 2.75) is 38.2 Å². The van der Waals surface area contributed by atoms with E-state index in [-0.39, 0.29) is 58.1 Å². The number of aromatic carboxylic acids is 1. The monoisotopic (exact) mass is 616 g/mol. The van der Waals surface area contributed by atoms with Gasteiger partial charge in [0.05, 0.1) is 34.8 Å². The molecule has 0 radical (unpaired) electrons. The van der Waals surface area contributed by atoms with Gasteiger partial charge in [-0.2, -0.15) is 13.2 Å². The summed E-state index contributed by atoms with van der Waals surface area (Å²) in [4.78, 5) is 20.3. The number of benzene rings is 3. The van der Waals surface area contributed by atoms with Crippen LogP contribution in [0.25, 0.3) is 21.9 Å². The normalized spacial score (nSPS) is 15.2. The van der Waals surface area contributed by atoms with Gasteiger partial charge in [0.25, 0.3) is 0 Å². The largest absolute Gasteiger partial charge is 0.478 e. The van der Waals surface area contributed by atoms with E-state index in [2.05, 4.69) is 15.3 Å². The number of fused-ring (bicyclic) bond motifs is 2. The molecule has 1 aliphatic rings. The lowest BCUT2D eigenvalue weighted by atomic mass is 10.1. The smallest absolute Gasteiger partial charge is 0.419 e. The summed E-state index contributed by atoms with van der Waals surface area (Å²) in [5.74, 6) is -3.02. The summed E-state index contributed by atoms with van der Waals surface area (Å²) >= 11 is 5.78. The maximum atomic E-state index is 15.3. The first kappa shape index (κ1) is 28.8. The third kappa shape index (κ3) is 5.72. The lowest BCUT2D eigenvalue weighted by Gasteiger charge is -2.27. The van der Waals surface area contributed by atoms with Crippen molar-refractivity contribution >= 4 is 45.3 Å². The molecule has 43 heavy (non-hydrogen) atoms. The predicted molar refractivity (Wildman–Crippen MR) is 149 cm³/mol. The molecule has 5 aromatic rings. The van der Waals surface area contributed by atoms with Gasteiger partial charge in [-0.05, 0) is 48.4 Å². The first-order valence-electron chi connectivity index (χ1n) is 13.2. The van der Waals surface area contributed by atoms with Crippen LogP contribution < -0.4 is 5.32 Å². The van der Waals surface area contributed by atoms with E-state index in [0.717, 1.165) is 24.6 Å². The lowest BCUT2D eigenvalue weighted by Crippen LogP contribution is -2.32. The second-order valence-corrected chi connectivity index (χ2v) is 10.6. The second kappa shape index (κ2) is 11.1. The fourth-order valence-electron chi connectivity index (χ4n) is 5.06. The van der Waals surface area contributed by atoms with Crippen LogP contribution in [0.1, 0.15) is 39.3 Å². The lowest BCUT2D eigenvalue weighted by molar-refractivity contribution is -0.137.